The molecule has 0 aromatic carbocycles. The molecule has 0 saturated carbocycles. The van der Waals surface area contributed by atoms with Crippen LogP contribution in [0.4, 0.5) is 0 Å². The van der Waals surface area contributed by atoms with Crippen LogP contribution in [0.3, 0.4) is 0 Å². The standard InChI is InChI=1S/C9H11ClO3/c1-5-7(3-4-8(11)12)13-6(2)9(5)10/h3-4H2,1-2H3,(H,11,12). The van der Waals surface area contributed by atoms with Gasteiger partial charge in [-0.2, -0.15) is 0 Å². The Hall–Kier alpha value is -0.960. The van der Waals surface area contributed by atoms with Crippen molar-refractivity contribution in [3.63, 3.8) is 0 Å². The van der Waals surface area contributed by atoms with E-state index in [0.29, 0.717) is 23.0 Å². The van der Waals surface area contributed by atoms with Gasteiger partial charge in [-0.25, -0.2) is 0 Å². The summed E-state index contributed by atoms with van der Waals surface area (Å²) in [7, 11) is 0. The predicted octanol–water partition coefficient (Wildman–Crippen LogP) is 2.57. The van der Waals surface area contributed by atoms with Crippen LogP contribution < -0.4 is 0 Å². The van der Waals surface area contributed by atoms with Gasteiger partial charge < -0.3 is 9.52 Å². The highest BCUT2D eigenvalue weighted by Crippen LogP contribution is 2.26. The number of aliphatic carboxylic acids is 1. The molecule has 0 fully saturated rings. The summed E-state index contributed by atoms with van der Waals surface area (Å²) in [6.45, 7) is 3.59. The summed E-state index contributed by atoms with van der Waals surface area (Å²) in [6.07, 6.45) is 0.471. The molecule has 0 unspecified atom stereocenters. The third kappa shape index (κ3) is 2.25. The highest BCUT2D eigenvalue weighted by molar-refractivity contribution is 6.32. The quantitative estimate of drug-likeness (QED) is 0.820. The maximum Gasteiger partial charge on any atom is 0.303 e. The fraction of sp³-hybridized carbons (Fsp3) is 0.444. The van der Waals surface area contributed by atoms with E-state index in [0.717, 1.165) is 5.56 Å². The van der Waals surface area contributed by atoms with Crippen LogP contribution in [0.2, 0.25) is 5.02 Å². The number of halogens is 1. The van der Waals surface area contributed by atoms with Crippen LogP contribution >= 0.6 is 11.6 Å². The molecule has 0 radical (unpaired) electrons. The van der Waals surface area contributed by atoms with Gasteiger partial charge in [0.15, 0.2) is 0 Å². The smallest absolute Gasteiger partial charge is 0.303 e. The summed E-state index contributed by atoms with van der Waals surface area (Å²) < 4.78 is 5.30. The van der Waals surface area contributed by atoms with Crippen LogP contribution in [-0.2, 0) is 11.2 Å². The van der Waals surface area contributed by atoms with E-state index in [-0.39, 0.29) is 6.42 Å². The van der Waals surface area contributed by atoms with Crippen molar-refractivity contribution >= 4 is 17.6 Å². The molecule has 72 valence electrons. The Morgan fingerprint density at radius 2 is 2.15 bits per heavy atom. The van der Waals surface area contributed by atoms with Crippen molar-refractivity contribution in [2.45, 2.75) is 26.7 Å². The molecule has 3 nitrogen and oxygen atoms in total. The molecule has 1 aromatic heterocycles. The number of hydrogen-bond donors (Lipinski definition) is 1. The van der Waals surface area contributed by atoms with Crippen molar-refractivity contribution in [2.75, 3.05) is 0 Å². The lowest BCUT2D eigenvalue weighted by atomic mass is 10.2. The molecule has 13 heavy (non-hydrogen) atoms. The SMILES string of the molecule is Cc1oc(CCC(=O)O)c(C)c1Cl. The van der Waals surface area contributed by atoms with Crippen molar-refractivity contribution in [3.8, 4) is 0 Å². The Bertz CT molecular complexity index is 328. The van der Waals surface area contributed by atoms with E-state index in [1.807, 2.05) is 6.92 Å². The minimum atomic E-state index is -0.829. The lowest BCUT2D eigenvalue weighted by Crippen LogP contribution is -1.97. The van der Waals surface area contributed by atoms with Crippen LogP contribution in [0, 0.1) is 13.8 Å². The molecular formula is C9H11ClO3. The first-order chi connectivity index (χ1) is 6.02. The average Bonchev–Trinajstić information content (AvgIpc) is 2.29. The third-order valence-corrected chi connectivity index (χ3v) is 2.45. The van der Waals surface area contributed by atoms with Gasteiger partial charge in [-0.05, 0) is 13.8 Å². The van der Waals surface area contributed by atoms with Gasteiger partial charge in [0.1, 0.15) is 11.5 Å². The van der Waals surface area contributed by atoms with Crippen LogP contribution in [0.1, 0.15) is 23.5 Å². The zero-order valence-electron chi connectivity index (χ0n) is 7.56. The first-order valence-corrected chi connectivity index (χ1v) is 4.36. The van der Waals surface area contributed by atoms with Crippen molar-refractivity contribution in [3.05, 3.63) is 22.1 Å². The average molecular weight is 203 g/mol. The monoisotopic (exact) mass is 202 g/mol. The number of carboxylic acids is 1. The molecule has 1 heterocycles. The molecule has 0 bridgehead atoms. The van der Waals surface area contributed by atoms with E-state index in [4.69, 9.17) is 21.1 Å². The van der Waals surface area contributed by atoms with Crippen LogP contribution in [0.5, 0.6) is 0 Å². The summed E-state index contributed by atoms with van der Waals surface area (Å²) in [5.41, 5.74) is 0.848. The number of furan rings is 1. The van der Waals surface area contributed by atoms with Gasteiger partial charge in [0, 0.05) is 12.0 Å². The number of rotatable bonds is 3. The normalized spacial score (nSPS) is 10.4. The fourth-order valence-corrected chi connectivity index (χ4v) is 1.30. The van der Waals surface area contributed by atoms with Crippen molar-refractivity contribution < 1.29 is 14.3 Å². The largest absolute Gasteiger partial charge is 0.481 e. The molecular weight excluding hydrogens is 192 g/mol. The second-order valence-electron chi connectivity index (χ2n) is 2.91. The van der Waals surface area contributed by atoms with Gasteiger partial charge in [0.25, 0.3) is 0 Å². The maximum atomic E-state index is 10.3. The Morgan fingerprint density at radius 1 is 1.54 bits per heavy atom. The molecule has 0 aliphatic carbocycles. The molecule has 1 rings (SSSR count). The van der Waals surface area contributed by atoms with Crippen LogP contribution in [0.15, 0.2) is 4.42 Å². The zero-order chi connectivity index (χ0) is 10.0. The van der Waals surface area contributed by atoms with Gasteiger partial charge >= 0.3 is 5.97 Å². The third-order valence-electron chi connectivity index (χ3n) is 1.90. The first-order valence-electron chi connectivity index (χ1n) is 3.98. The number of carboxylic acid groups (broad SMARTS) is 1. The van der Waals surface area contributed by atoms with Gasteiger partial charge in [-0.15, -0.1) is 0 Å². The number of carbonyl (C=O) groups is 1. The molecule has 0 aliphatic rings. The second kappa shape index (κ2) is 3.83. The van der Waals surface area contributed by atoms with E-state index in [1.165, 1.54) is 0 Å². The molecule has 0 amide bonds. The van der Waals surface area contributed by atoms with E-state index < -0.39 is 5.97 Å². The van der Waals surface area contributed by atoms with E-state index in [2.05, 4.69) is 0 Å². The highest BCUT2D eigenvalue weighted by Gasteiger charge is 2.12. The lowest BCUT2D eigenvalue weighted by Gasteiger charge is -1.94. The van der Waals surface area contributed by atoms with E-state index in [9.17, 15) is 4.79 Å². The topological polar surface area (TPSA) is 50.4 Å². The number of aryl methyl sites for hydroxylation is 2. The minimum Gasteiger partial charge on any atom is -0.481 e. The van der Waals surface area contributed by atoms with Gasteiger partial charge in [-0.3, -0.25) is 4.79 Å². The summed E-state index contributed by atoms with van der Waals surface area (Å²) in [4.78, 5) is 10.3. The first kappa shape index (κ1) is 10.1. The van der Waals surface area contributed by atoms with E-state index >= 15 is 0 Å². The summed E-state index contributed by atoms with van der Waals surface area (Å²) in [5, 5.41) is 9.06. The maximum absolute atomic E-state index is 10.3. The molecule has 1 aromatic rings. The fourth-order valence-electron chi connectivity index (χ4n) is 1.15. The van der Waals surface area contributed by atoms with Crippen LogP contribution in [0.25, 0.3) is 0 Å². The van der Waals surface area contributed by atoms with Gasteiger partial charge in [0.2, 0.25) is 0 Å². The minimum absolute atomic E-state index is 0.0735. The number of hydrogen-bond acceptors (Lipinski definition) is 2. The molecule has 0 spiro atoms. The van der Waals surface area contributed by atoms with Crippen molar-refractivity contribution in [1.82, 2.24) is 0 Å². The predicted molar refractivity (Wildman–Crippen MR) is 49.1 cm³/mol. The van der Waals surface area contributed by atoms with Gasteiger partial charge in [0.05, 0.1) is 11.4 Å². The molecule has 4 heteroatoms. The van der Waals surface area contributed by atoms with Crippen molar-refractivity contribution in [2.24, 2.45) is 0 Å². The Balaban J connectivity index is 2.78. The Labute approximate surface area is 81.3 Å². The molecule has 0 atom stereocenters. The second-order valence-corrected chi connectivity index (χ2v) is 3.29. The molecule has 0 aliphatic heterocycles. The molecule has 1 N–H and O–H groups in total. The summed E-state index contributed by atoms with van der Waals surface area (Å²) in [6, 6.07) is 0. The summed E-state index contributed by atoms with van der Waals surface area (Å²) >= 11 is 5.87. The Morgan fingerprint density at radius 3 is 2.54 bits per heavy atom. The van der Waals surface area contributed by atoms with E-state index in [1.54, 1.807) is 6.92 Å². The van der Waals surface area contributed by atoms with Crippen molar-refractivity contribution in [1.29, 1.82) is 0 Å². The summed E-state index contributed by atoms with van der Waals surface area (Å²) in [5.74, 6) is 0.494. The molecule has 0 saturated heterocycles. The van der Waals surface area contributed by atoms with Crippen LogP contribution in [-0.4, -0.2) is 11.1 Å². The highest BCUT2D eigenvalue weighted by atomic mass is 35.5. The van der Waals surface area contributed by atoms with Gasteiger partial charge in [-0.1, -0.05) is 11.6 Å². The zero-order valence-corrected chi connectivity index (χ0v) is 8.31. The Kier molecular flexibility index (Phi) is 2.98. The lowest BCUT2D eigenvalue weighted by molar-refractivity contribution is -0.137.